The van der Waals surface area contributed by atoms with Gasteiger partial charge in [0.2, 0.25) is 11.1 Å². The molecule has 0 fully saturated rings. The number of anilines is 1. The number of halogens is 7. The van der Waals surface area contributed by atoms with Gasteiger partial charge in [-0.15, -0.1) is 5.10 Å². The van der Waals surface area contributed by atoms with Crippen LogP contribution in [-0.4, -0.2) is 26.8 Å². The molecule has 0 saturated carbocycles. The first kappa shape index (κ1) is 24.3. The molecule has 3 aromatic rings. The highest BCUT2D eigenvalue weighted by molar-refractivity contribution is 7.99. The van der Waals surface area contributed by atoms with Crippen LogP contribution in [0.4, 0.5) is 36.4 Å². The quantitative estimate of drug-likeness (QED) is 0.334. The molecular weight excluding hydrogens is 477 g/mol. The summed E-state index contributed by atoms with van der Waals surface area (Å²) in [6.45, 7) is 0. The zero-order valence-corrected chi connectivity index (χ0v) is 17.1. The molecule has 13 heteroatoms. The molecule has 0 radical (unpaired) electrons. The fourth-order valence-corrected chi connectivity index (χ4v) is 3.11. The van der Waals surface area contributed by atoms with E-state index < -0.39 is 35.1 Å². The maximum atomic E-state index is 12.9. The van der Waals surface area contributed by atoms with E-state index in [2.05, 4.69) is 15.2 Å². The normalized spacial score (nSPS) is 12.3. The number of amides is 1. The third kappa shape index (κ3) is 7.07. The molecule has 0 atom stereocenters. The van der Waals surface area contributed by atoms with E-state index in [0.717, 1.165) is 11.8 Å². The molecule has 174 valence electrons. The average Bonchev–Trinajstić information content (AvgIpc) is 3.18. The van der Waals surface area contributed by atoms with Crippen molar-refractivity contribution in [2.45, 2.75) is 17.5 Å². The third-order valence-electron chi connectivity index (χ3n) is 3.99. The van der Waals surface area contributed by atoms with Gasteiger partial charge < -0.3 is 5.32 Å². The van der Waals surface area contributed by atoms with Gasteiger partial charge in [0.1, 0.15) is 11.6 Å². The zero-order chi connectivity index (χ0) is 24.2. The second-order valence-electron chi connectivity index (χ2n) is 6.52. The number of nitrogens with one attached hydrogen (secondary N) is 2. The SMILES string of the molecule is O=C(CSc1n[nH]c(/C=C/c2ccc(F)cc2)n1)Nc1cc(C(F)(F)F)cc(C(F)(F)F)c1. The number of nitrogens with zero attached hydrogens (tertiary/aromatic N) is 2. The first-order valence-electron chi connectivity index (χ1n) is 8.98. The molecule has 0 aliphatic rings. The van der Waals surface area contributed by atoms with Crippen LogP contribution in [0, 0.1) is 5.82 Å². The number of thioether (sulfide) groups is 1. The average molecular weight is 490 g/mol. The molecule has 33 heavy (non-hydrogen) atoms. The van der Waals surface area contributed by atoms with Crippen molar-refractivity contribution in [3.8, 4) is 0 Å². The van der Waals surface area contributed by atoms with Gasteiger partial charge in [0.25, 0.3) is 0 Å². The monoisotopic (exact) mass is 490 g/mol. The maximum absolute atomic E-state index is 12.9. The molecule has 2 aromatic carbocycles. The standard InChI is InChI=1S/C20H13F7N4OS/c21-14-4-1-11(2-5-14)3-6-16-29-18(31-30-16)33-10-17(32)28-15-8-12(19(22,23)24)7-13(9-15)20(25,26)27/h1-9H,10H2,(H,28,32)(H,29,30,31)/b6-3+. The molecule has 0 saturated heterocycles. The van der Waals surface area contributed by atoms with Gasteiger partial charge in [-0.2, -0.15) is 26.3 Å². The fourth-order valence-electron chi connectivity index (χ4n) is 2.50. The van der Waals surface area contributed by atoms with Crippen molar-refractivity contribution in [2.24, 2.45) is 0 Å². The number of alkyl halides is 6. The van der Waals surface area contributed by atoms with Crippen LogP contribution in [0.1, 0.15) is 22.5 Å². The van der Waals surface area contributed by atoms with E-state index in [9.17, 15) is 35.5 Å². The summed E-state index contributed by atoms with van der Waals surface area (Å²) in [5.41, 5.74) is -3.01. The lowest BCUT2D eigenvalue weighted by atomic mass is 10.1. The van der Waals surface area contributed by atoms with Crippen LogP contribution in [0.3, 0.4) is 0 Å². The highest BCUT2D eigenvalue weighted by Gasteiger charge is 2.37. The summed E-state index contributed by atoms with van der Waals surface area (Å²) in [7, 11) is 0. The van der Waals surface area contributed by atoms with Crippen LogP contribution in [0.15, 0.2) is 47.6 Å². The van der Waals surface area contributed by atoms with Crippen LogP contribution in [0.25, 0.3) is 12.2 Å². The number of aromatic nitrogens is 3. The number of H-pyrrole nitrogens is 1. The van der Waals surface area contributed by atoms with Crippen LogP contribution in [0.2, 0.25) is 0 Å². The summed E-state index contributed by atoms with van der Waals surface area (Å²) < 4.78 is 90.3. The van der Waals surface area contributed by atoms with Gasteiger partial charge in [0.15, 0.2) is 0 Å². The smallest absolute Gasteiger partial charge is 0.325 e. The Morgan fingerprint density at radius 3 is 2.15 bits per heavy atom. The minimum Gasteiger partial charge on any atom is -0.325 e. The molecule has 1 heterocycles. The predicted molar refractivity (Wildman–Crippen MR) is 108 cm³/mol. The van der Waals surface area contributed by atoms with E-state index in [-0.39, 0.29) is 22.8 Å². The summed E-state index contributed by atoms with van der Waals surface area (Å²) in [5, 5.41) is 8.59. The second-order valence-corrected chi connectivity index (χ2v) is 7.46. The van der Waals surface area contributed by atoms with Gasteiger partial charge >= 0.3 is 12.4 Å². The molecule has 1 amide bonds. The van der Waals surface area contributed by atoms with Crippen LogP contribution < -0.4 is 5.32 Å². The number of carbonyl (C=O) groups excluding carboxylic acids is 1. The van der Waals surface area contributed by atoms with Crippen LogP contribution in [-0.2, 0) is 17.1 Å². The Kier molecular flexibility index (Phi) is 7.10. The first-order chi connectivity index (χ1) is 15.4. The van der Waals surface area contributed by atoms with Gasteiger partial charge in [-0.05, 0) is 42.0 Å². The Labute approximate surface area is 186 Å². The molecule has 0 unspecified atom stereocenters. The van der Waals surface area contributed by atoms with Crippen molar-refractivity contribution in [3.63, 3.8) is 0 Å². The molecule has 5 nitrogen and oxygen atoms in total. The van der Waals surface area contributed by atoms with Crippen LogP contribution in [0.5, 0.6) is 0 Å². The van der Waals surface area contributed by atoms with Gasteiger partial charge in [0.05, 0.1) is 16.9 Å². The van der Waals surface area contributed by atoms with E-state index in [1.54, 1.807) is 24.3 Å². The summed E-state index contributed by atoms with van der Waals surface area (Å²) in [4.78, 5) is 16.1. The van der Waals surface area contributed by atoms with Crippen molar-refractivity contribution in [2.75, 3.05) is 11.1 Å². The molecule has 0 aliphatic carbocycles. The fraction of sp³-hybridized carbons (Fsp3) is 0.150. The summed E-state index contributed by atoms with van der Waals surface area (Å²) in [6, 6.07) is 6.45. The molecule has 0 aliphatic heterocycles. The Balaban J connectivity index is 1.62. The summed E-state index contributed by atoms with van der Waals surface area (Å²) in [5.74, 6) is -1.28. The Hall–Kier alpha value is -3.35. The zero-order valence-electron chi connectivity index (χ0n) is 16.3. The number of benzene rings is 2. The lowest BCUT2D eigenvalue weighted by molar-refractivity contribution is -0.143. The lowest BCUT2D eigenvalue weighted by Gasteiger charge is -2.14. The van der Waals surface area contributed by atoms with Crippen molar-refractivity contribution >= 4 is 35.5 Å². The first-order valence-corrected chi connectivity index (χ1v) is 9.97. The number of carbonyl (C=O) groups is 1. The molecule has 2 N–H and O–H groups in total. The highest BCUT2D eigenvalue weighted by atomic mass is 32.2. The number of aromatic amines is 1. The molecular formula is C20H13F7N4OS. The topological polar surface area (TPSA) is 70.7 Å². The largest absolute Gasteiger partial charge is 0.416 e. The maximum Gasteiger partial charge on any atom is 0.416 e. The Bertz CT molecular complexity index is 1120. The minimum atomic E-state index is -5.02. The van der Waals surface area contributed by atoms with Gasteiger partial charge in [-0.3, -0.25) is 9.89 Å². The number of hydrogen-bond donors (Lipinski definition) is 2. The van der Waals surface area contributed by atoms with Gasteiger partial charge in [-0.1, -0.05) is 30.0 Å². The van der Waals surface area contributed by atoms with Crippen molar-refractivity contribution in [1.29, 1.82) is 0 Å². The second kappa shape index (κ2) is 9.65. The minimum absolute atomic E-state index is 0.0287. The lowest BCUT2D eigenvalue weighted by Crippen LogP contribution is -2.17. The Morgan fingerprint density at radius 1 is 0.970 bits per heavy atom. The Morgan fingerprint density at radius 2 is 1.58 bits per heavy atom. The predicted octanol–water partition coefficient (Wildman–Crippen LogP) is 5.88. The van der Waals surface area contributed by atoms with E-state index in [0.29, 0.717) is 23.5 Å². The van der Waals surface area contributed by atoms with Gasteiger partial charge in [0, 0.05) is 5.69 Å². The number of hydrogen-bond acceptors (Lipinski definition) is 4. The summed E-state index contributed by atoms with van der Waals surface area (Å²) in [6.07, 6.45) is -6.86. The van der Waals surface area contributed by atoms with E-state index in [4.69, 9.17) is 0 Å². The third-order valence-corrected chi connectivity index (χ3v) is 4.84. The molecule has 0 spiro atoms. The molecule has 1 aromatic heterocycles. The van der Waals surface area contributed by atoms with Crippen molar-refractivity contribution in [3.05, 3.63) is 70.8 Å². The van der Waals surface area contributed by atoms with Gasteiger partial charge in [-0.25, -0.2) is 9.37 Å². The molecule has 3 rings (SSSR count). The van der Waals surface area contributed by atoms with E-state index in [1.807, 2.05) is 5.32 Å². The van der Waals surface area contributed by atoms with Crippen molar-refractivity contribution < 1.29 is 35.5 Å². The highest BCUT2D eigenvalue weighted by Crippen LogP contribution is 2.37. The van der Waals surface area contributed by atoms with Crippen LogP contribution >= 0.6 is 11.8 Å². The summed E-state index contributed by atoms with van der Waals surface area (Å²) >= 11 is 0.818. The van der Waals surface area contributed by atoms with E-state index >= 15 is 0 Å². The number of rotatable bonds is 6. The van der Waals surface area contributed by atoms with E-state index in [1.165, 1.54) is 12.1 Å². The molecule has 0 bridgehead atoms. The van der Waals surface area contributed by atoms with Crippen molar-refractivity contribution in [1.82, 2.24) is 15.2 Å².